The summed E-state index contributed by atoms with van der Waals surface area (Å²) in [6.07, 6.45) is 2.50. The van der Waals surface area contributed by atoms with Crippen LogP contribution in [0.15, 0.2) is 43.0 Å². The van der Waals surface area contributed by atoms with Crippen molar-refractivity contribution in [1.29, 1.82) is 0 Å². The van der Waals surface area contributed by atoms with Gasteiger partial charge in [-0.15, -0.1) is 6.58 Å². The number of nitrogens with one attached hydrogen (secondary N) is 2. The van der Waals surface area contributed by atoms with Crippen molar-refractivity contribution in [2.24, 2.45) is 0 Å². The number of unbranched alkanes of at least 4 members (excludes halogenated alkanes) is 1. The van der Waals surface area contributed by atoms with Gasteiger partial charge in [-0.3, -0.25) is 4.79 Å². The van der Waals surface area contributed by atoms with Crippen molar-refractivity contribution in [3.05, 3.63) is 48.6 Å². The molecule has 0 unspecified atom stereocenters. The number of rotatable bonds is 11. The van der Waals surface area contributed by atoms with Gasteiger partial charge in [0.25, 0.3) is 0 Å². The van der Waals surface area contributed by atoms with Crippen molar-refractivity contribution < 1.29 is 29.0 Å². The molecule has 148 valence electrons. The molecule has 1 aromatic carbocycles. The number of aliphatic hydroxyl groups excluding tert-OH is 1. The van der Waals surface area contributed by atoms with Gasteiger partial charge in [-0.1, -0.05) is 36.4 Å². The second-order valence-corrected chi connectivity index (χ2v) is 5.75. The quantitative estimate of drug-likeness (QED) is 0.304. The molecule has 2 amide bonds. The van der Waals surface area contributed by atoms with Crippen molar-refractivity contribution in [2.75, 3.05) is 13.7 Å². The molecule has 0 bridgehead atoms. The van der Waals surface area contributed by atoms with Gasteiger partial charge in [-0.2, -0.15) is 0 Å². The Morgan fingerprint density at radius 2 is 1.89 bits per heavy atom. The normalized spacial score (nSPS) is 12.4. The second-order valence-electron chi connectivity index (χ2n) is 5.75. The molecule has 3 N–H and O–H groups in total. The lowest BCUT2D eigenvalue weighted by Crippen LogP contribution is -2.53. The van der Waals surface area contributed by atoms with Gasteiger partial charge in [0.05, 0.1) is 13.7 Å². The number of allylic oxidation sites excluding steroid dienone is 1. The fourth-order valence-corrected chi connectivity index (χ4v) is 2.23. The predicted molar refractivity (Wildman–Crippen MR) is 98.6 cm³/mol. The zero-order valence-electron chi connectivity index (χ0n) is 15.3. The number of hydrogen-bond acceptors (Lipinski definition) is 6. The molecule has 8 nitrogen and oxygen atoms in total. The summed E-state index contributed by atoms with van der Waals surface area (Å²) in [5.41, 5.74) is 0.783. The average Bonchev–Trinajstić information content (AvgIpc) is 2.69. The van der Waals surface area contributed by atoms with Gasteiger partial charge < -0.3 is 25.2 Å². The standard InChI is InChI=1S/C19H26N2O6/c1-3-4-6-11-15(18(24)26-2)20-17(23)16(12-22)21-19(25)27-13-14-9-7-5-8-10-14/h3,5,7-10,15-16,22H,1,4,6,11-13H2,2H3,(H,20,23)(H,21,25)/t15-,16-/m0/s1. The first kappa shape index (κ1) is 22.2. The van der Waals surface area contributed by atoms with Crippen LogP contribution in [-0.4, -0.2) is 48.9 Å². The van der Waals surface area contributed by atoms with Gasteiger partial charge in [0.2, 0.25) is 5.91 Å². The lowest BCUT2D eigenvalue weighted by Gasteiger charge is -2.20. The van der Waals surface area contributed by atoms with E-state index in [1.807, 2.05) is 6.07 Å². The number of carbonyl (C=O) groups excluding carboxylic acids is 3. The van der Waals surface area contributed by atoms with Crippen LogP contribution in [0.2, 0.25) is 0 Å². The number of benzene rings is 1. The Morgan fingerprint density at radius 1 is 1.19 bits per heavy atom. The highest BCUT2D eigenvalue weighted by Gasteiger charge is 2.26. The topological polar surface area (TPSA) is 114 Å². The Balaban J connectivity index is 2.55. The predicted octanol–water partition coefficient (Wildman–Crippen LogP) is 1.29. The molecule has 1 rings (SSSR count). The fourth-order valence-electron chi connectivity index (χ4n) is 2.23. The third-order valence-corrected chi connectivity index (χ3v) is 3.71. The minimum Gasteiger partial charge on any atom is -0.467 e. The van der Waals surface area contributed by atoms with Crippen LogP contribution in [0.25, 0.3) is 0 Å². The van der Waals surface area contributed by atoms with Crippen molar-refractivity contribution >= 4 is 18.0 Å². The van der Waals surface area contributed by atoms with E-state index in [9.17, 15) is 19.5 Å². The molecule has 0 aliphatic rings. The number of ether oxygens (including phenoxy) is 2. The summed E-state index contributed by atoms with van der Waals surface area (Å²) in [5.74, 6) is -1.31. The van der Waals surface area contributed by atoms with Crippen LogP contribution in [0.4, 0.5) is 4.79 Å². The zero-order chi connectivity index (χ0) is 20.1. The van der Waals surface area contributed by atoms with Crippen LogP contribution in [0, 0.1) is 0 Å². The maximum Gasteiger partial charge on any atom is 0.408 e. The third-order valence-electron chi connectivity index (χ3n) is 3.71. The number of carbonyl (C=O) groups is 3. The molecule has 0 saturated carbocycles. The maximum atomic E-state index is 12.3. The highest BCUT2D eigenvalue weighted by Crippen LogP contribution is 2.05. The summed E-state index contributed by atoms with van der Waals surface area (Å²) in [5, 5.41) is 14.1. The Hall–Kier alpha value is -2.87. The highest BCUT2D eigenvalue weighted by molar-refractivity contribution is 5.89. The second kappa shape index (κ2) is 12.5. The summed E-state index contributed by atoms with van der Waals surface area (Å²) in [6, 6.07) is 6.89. The summed E-state index contributed by atoms with van der Waals surface area (Å²) in [6.45, 7) is 2.98. The Kier molecular flexibility index (Phi) is 10.2. The molecule has 0 fully saturated rings. The molecular formula is C19H26N2O6. The first-order valence-corrected chi connectivity index (χ1v) is 8.59. The molecule has 0 spiro atoms. The maximum absolute atomic E-state index is 12.3. The molecule has 0 aromatic heterocycles. The summed E-state index contributed by atoms with van der Waals surface area (Å²) >= 11 is 0. The van der Waals surface area contributed by atoms with Gasteiger partial charge in [0, 0.05) is 0 Å². The van der Waals surface area contributed by atoms with E-state index in [1.165, 1.54) is 7.11 Å². The van der Waals surface area contributed by atoms with Gasteiger partial charge in [-0.05, 0) is 24.8 Å². The van der Waals surface area contributed by atoms with Gasteiger partial charge in [0.1, 0.15) is 18.7 Å². The number of aliphatic hydroxyl groups is 1. The Bertz CT molecular complexity index is 620. The Morgan fingerprint density at radius 3 is 2.48 bits per heavy atom. The van der Waals surface area contributed by atoms with Gasteiger partial charge in [0.15, 0.2) is 0 Å². The van der Waals surface area contributed by atoms with E-state index in [2.05, 4.69) is 21.9 Å². The van der Waals surface area contributed by atoms with Crippen LogP contribution in [0.1, 0.15) is 24.8 Å². The largest absolute Gasteiger partial charge is 0.467 e. The average molecular weight is 378 g/mol. The molecule has 2 atom stereocenters. The van der Waals surface area contributed by atoms with E-state index < -0.39 is 36.7 Å². The minimum absolute atomic E-state index is 0.0266. The van der Waals surface area contributed by atoms with E-state index in [0.29, 0.717) is 19.3 Å². The van der Waals surface area contributed by atoms with E-state index in [4.69, 9.17) is 4.74 Å². The van der Waals surface area contributed by atoms with Crippen LogP contribution in [0.5, 0.6) is 0 Å². The van der Waals surface area contributed by atoms with Gasteiger partial charge >= 0.3 is 12.1 Å². The molecule has 0 aliphatic carbocycles. The van der Waals surface area contributed by atoms with Crippen molar-refractivity contribution in [3.63, 3.8) is 0 Å². The van der Waals surface area contributed by atoms with Crippen LogP contribution >= 0.6 is 0 Å². The number of alkyl carbamates (subject to hydrolysis) is 1. The van der Waals surface area contributed by atoms with Crippen molar-refractivity contribution in [2.45, 2.75) is 38.0 Å². The molecular weight excluding hydrogens is 352 g/mol. The smallest absolute Gasteiger partial charge is 0.408 e. The highest BCUT2D eigenvalue weighted by atomic mass is 16.5. The van der Waals surface area contributed by atoms with E-state index in [-0.39, 0.29) is 6.61 Å². The van der Waals surface area contributed by atoms with Crippen molar-refractivity contribution in [3.8, 4) is 0 Å². The fraction of sp³-hybridized carbons (Fsp3) is 0.421. The van der Waals surface area contributed by atoms with Gasteiger partial charge in [-0.25, -0.2) is 9.59 Å². The monoisotopic (exact) mass is 378 g/mol. The molecule has 0 saturated heterocycles. The molecule has 8 heteroatoms. The summed E-state index contributed by atoms with van der Waals surface area (Å²) < 4.78 is 9.69. The third kappa shape index (κ3) is 8.37. The van der Waals surface area contributed by atoms with Crippen LogP contribution < -0.4 is 10.6 Å². The summed E-state index contributed by atoms with van der Waals surface area (Å²) in [4.78, 5) is 35.9. The van der Waals surface area contributed by atoms with E-state index >= 15 is 0 Å². The SMILES string of the molecule is C=CCCC[C@H](NC(=O)[C@H](CO)NC(=O)OCc1ccccc1)C(=O)OC. The number of hydrogen-bond donors (Lipinski definition) is 3. The van der Waals surface area contributed by atoms with Crippen molar-refractivity contribution in [1.82, 2.24) is 10.6 Å². The zero-order valence-corrected chi connectivity index (χ0v) is 15.3. The molecule has 0 radical (unpaired) electrons. The number of esters is 1. The molecule has 0 aliphatic heterocycles. The molecule has 0 heterocycles. The number of amides is 2. The molecule has 1 aromatic rings. The molecule has 27 heavy (non-hydrogen) atoms. The van der Waals surface area contributed by atoms with Crippen LogP contribution in [-0.2, 0) is 25.7 Å². The van der Waals surface area contributed by atoms with Crippen LogP contribution in [0.3, 0.4) is 0 Å². The lowest BCUT2D eigenvalue weighted by atomic mass is 10.1. The summed E-state index contributed by atoms with van der Waals surface area (Å²) in [7, 11) is 1.22. The minimum atomic E-state index is -1.25. The lowest BCUT2D eigenvalue weighted by molar-refractivity contribution is -0.145. The number of methoxy groups -OCH3 is 1. The Labute approximate surface area is 158 Å². The first-order chi connectivity index (χ1) is 13.0. The van der Waals surface area contributed by atoms with E-state index in [1.54, 1.807) is 30.3 Å². The van der Waals surface area contributed by atoms with E-state index in [0.717, 1.165) is 5.56 Å². The first-order valence-electron chi connectivity index (χ1n) is 8.59.